The number of nitrogens with zero attached hydrogens (tertiary/aromatic N) is 2. The Hall–Kier alpha value is -1.05. The fourth-order valence-electron chi connectivity index (χ4n) is 1.80. The van der Waals surface area contributed by atoms with Crippen LogP contribution in [0.2, 0.25) is 5.02 Å². The maximum absolute atomic E-state index is 12.3. The molecule has 1 aromatic carbocycles. The van der Waals surface area contributed by atoms with Crippen molar-refractivity contribution in [2.75, 3.05) is 6.54 Å². The van der Waals surface area contributed by atoms with Crippen molar-refractivity contribution in [3.63, 3.8) is 0 Å². The van der Waals surface area contributed by atoms with Crippen LogP contribution in [0, 0.1) is 11.3 Å². The van der Waals surface area contributed by atoms with Crippen molar-refractivity contribution in [3.8, 4) is 6.07 Å². The molecule has 0 saturated heterocycles. The summed E-state index contributed by atoms with van der Waals surface area (Å²) in [6, 6.07) is 7.56. The highest BCUT2D eigenvalue weighted by Gasteiger charge is 2.32. The fourth-order valence-corrected chi connectivity index (χ4v) is 2.23. The maximum Gasteiger partial charge on any atom is 0.254 e. The molecule has 0 spiro atoms. The molecule has 0 aromatic heterocycles. The number of hydrogen-bond acceptors (Lipinski definition) is 2. The van der Waals surface area contributed by atoms with Crippen LogP contribution >= 0.6 is 27.5 Å². The quantitative estimate of drug-likeness (QED) is 0.847. The third-order valence-electron chi connectivity index (χ3n) is 2.88. The van der Waals surface area contributed by atoms with Crippen molar-refractivity contribution in [2.45, 2.75) is 25.3 Å². The molecule has 1 aromatic rings. The van der Waals surface area contributed by atoms with E-state index in [9.17, 15) is 4.79 Å². The van der Waals surface area contributed by atoms with Crippen molar-refractivity contribution >= 4 is 33.4 Å². The molecular formula is C13H12BrClN2O. The van der Waals surface area contributed by atoms with E-state index in [2.05, 4.69) is 22.0 Å². The largest absolute Gasteiger partial charge is 0.335 e. The summed E-state index contributed by atoms with van der Waals surface area (Å²) in [7, 11) is 0. The number of nitriles is 1. The zero-order valence-corrected chi connectivity index (χ0v) is 12.0. The Bertz CT molecular complexity index is 508. The lowest BCUT2D eigenvalue weighted by atomic mass is 10.2. The molecule has 0 atom stereocenters. The molecule has 1 aliphatic rings. The molecule has 0 N–H and O–H groups in total. The molecule has 5 heteroatoms. The molecule has 0 aliphatic heterocycles. The van der Waals surface area contributed by atoms with E-state index in [1.165, 1.54) is 0 Å². The van der Waals surface area contributed by atoms with Crippen molar-refractivity contribution in [2.24, 2.45) is 0 Å². The van der Waals surface area contributed by atoms with Crippen molar-refractivity contribution in [3.05, 3.63) is 33.3 Å². The number of hydrogen-bond donors (Lipinski definition) is 0. The third-order valence-corrected chi connectivity index (χ3v) is 4.11. The van der Waals surface area contributed by atoms with Gasteiger partial charge in [-0.2, -0.15) is 5.26 Å². The molecule has 3 nitrogen and oxygen atoms in total. The minimum atomic E-state index is -0.0397. The van der Waals surface area contributed by atoms with Gasteiger partial charge in [0, 0.05) is 22.6 Å². The summed E-state index contributed by atoms with van der Waals surface area (Å²) in [4.78, 5) is 14.1. The number of rotatable bonds is 4. The molecular weight excluding hydrogens is 316 g/mol. The lowest BCUT2D eigenvalue weighted by molar-refractivity contribution is 0.0747. The Morgan fingerprint density at radius 2 is 2.28 bits per heavy atom. The molecule has 0 bridgehead atoms. The Labute approximate surface area is 119 Å². The molecule has 1 amide bonds. The monoisotopic (exact) mass is 326 g/mol. The first-order valence-electron chi connectivity index (χ1n) is 5.76. The second kappa shape index (κ2) is 5.73. The van der Waals surface area contributed by atoms with Crippen LogP contribution in [-0.2, 0) is 0 Å². The van der Waals surface area contributed by atoms with E-state index in [1.807, 2.05) is 0 Å². The van der Waals surface area contributed by atoms with Gasteiger partial charge in [-0.15, -0.1) is 0 Å². The summed E-state index contributed by atoms with van der Waals surface area (Å²) < 4.78 is 0.774. The molecule has 2 rings (SSSR count). The van der Waals surface area contributed by atoms with Gasteiger partial charge in [-0.3, -0.25) is 4.79 Å². The third kappa shape index (κ3) is 3.04. The highest BCUT2D eigenvalue weighted by Crippen LogP contribution is 2.30. The fraction of sp³-hybridized carbons (Fsp3) is 0.385. The van der Waals surface area contributed by atoms with Crippen LogP contribution in [0.1, 0.15) is 29.6 Å². The van der Waals surface area contributed by atoms with Gasteiger partial charge < -0.3 is 4.90 Å². The van der Waals surface area contributed by atoms with Crippen LogP contribution in [0.4, 0.5) is 0 Å². The maximum atomic E-state index is 12.3. The predicted molar refractivity (Wildman–Crippen MR) is 73.4 cm³/mol. The average molecular weight is 328 g/mol. The number of halogens is 2. The summed E-state index contributed by atoms with van der Waals surface area (Å²) in [6.07, 6.45) is 2.43. The smallest absolute Gasteiger partial charge is 0.254 e. The molecule has 1 fully saturated rings. The zero-order chi connectivity index (χ0) is 13.1. The van der Waals surface area contributed by atoms with E-state index in [0.717, 1.165) is 17.3 Å². The van der Waals surface area contributed by atoms with Crippen LogP contribution in [0.3, 0.4) is 0 Å². The van der Waals surface area contributed by atoms with Crippen LogP contribution in [0.5, 0.6) is 0 Å². The molecule has 1 saturated carbocycles. The van der Waals surface area contributed by atoms with Crippen LogP contribution in [-0.4, -0.2) is 23.4 Å². The lowest BCUT2D eigenvalue weighted by Gasteiger charge is -2.21. The number of carbonyl (C=O) groups is 1. The highest BCUT2D eigenvalue weighted by atomic mass is 79.9. The first-order chi connectivity index (χ1) is 8.63. The summed E-state index contributed by atoms with van der Waals surface area (Å²) >= 11 is 9.29. The minimum Gasteiger partial charge on any atom is -0.335 e. The van der Waals surface area contributed by atoms with Gasteiger partial charge in [0.25, 0.3) is 5.91 Å². The van der Waals surface area contributed by atoms with E-state index in [-0.39, 0.29) is 5.91 Å². The predicted octanol–water partition coefficient (Wildman–Crippen LogP) is 3.62. The molecule has 94 valence electrons. The van der Waals surface area contributed by atoms with Gasteiger partial charge in [0.05, 0.1) is 17.5 Å². The van der Waals surface area contributed by atoms with Gasteiger partial charge in [0.15, 0.2) is 0 Å². The molecule has 18 heavy (non-hydrogen) atoms. The Kier molecular flexibility index (Phi) is 4.26. The second-order valence-corrected chi connectivity index (χ2v) is 5.53. The van der Waals surface area contributed by atoms with E-state index in [0.29, 0.717) is 29.6 Å². The molecule has 0 unspecified atom stereocenters. The minimum absolute atomic E-state index is 0.0397. The Morgan fingerprint density at radius 3 is 2.83 bits per heavy atom. The van der Waals surface area contributed by atoms with Crippen LogP contribution < -0.4 is 0 Å². The van der Waals surface area contributed by atoms with Crippen LogP contribution in [0.15, 0.2) is 22.7 Å². The number of benzene rings is 1. The Balaban J connectivity index is 2.17. The summed E-state index contributed by atoms with van der Waals surface area (Å²) in [5.74, 6) is -0.0397. The molecule has 0 heterocycles. The molecule has 1 aliphatic carbocycles. The average Bonchev–Trinajstić information content (AvgIpc) is 3.17. The zero-order valence-electron chi connectivity index (χ0n) is 9.70. The van der Waals surface area contributed by atoms with E-state index in [1.54, 1.807) is 23.1 Å². The molecule has 0 radical (unpaired) electrons. The van der Waals surface area contributed by atoms with Crippen molar-refractivity contribution in [1.82, 2.24) is 4.90 Å². The van der Waals surface area contributed by atoms with Crippen LogP contribution in [0.25, 0.3) is 0 Å². The topological polar surface area (TPSA) is 44.1 Å². The van der Waals surface area contributed by atoms with E-state index in [4.69, 9.17) is 16.9 Å². The first-order valence-corrected chi connectivity index (χ1v) is 6.93. The first kappa shape index (κ1) is 13.4. The second-order valence-electron chi connectivity index (χ2n) is 4.27. The summed E-state index contributed by atoms with van der Waals surface area (Å²) in [5.41, 5.74) is 0.577. The summed E-state index contributed by atoms with van der Waals surface area (Å²) in [5, 5.41) is 9.16. The van der Waals surface area contributed by atoms with Gasteiger partial charge in [0.2, 0.25) is 0 Å². The van der Waals surface area contributed by atoms with Gasteiger partial charge >= 0.3 is 0 Å². The Morgan fingerprint density at radius 1 is 1.56 bits per heavy atom. The van der Waals surface area contributed by atoms with Crippen molar-refractivity contribution < 1.29 is 4.79 Å². The highest BCUT2D eigenvalue weighted by molar-refractivity contribution is 9.10. The SMILES string of the molecule is N#CCCN(C(=O)c1ccc(Br)c(Cl)c1)C1CC1. The number of amides is 1. The number of carbonyl (C=O) groups excluding carboxylic acids is 1. The van der Waals surface area contributed by atoms with Gasteiger partial charge in [-0.1, -0.05) is 11.6 Å². The van der Waals surface area contributed by atoms with Gasteiger partial charge in [-0.05, 0) is 47.0 Å². The summed E-state index contributed by atoms with van der Waals surface area (Å²) in [6.45, 7) is 0.494. The standard InChI is InChI=1S/C13H12BrClN2O/c14-11-5-2-9(8-12(11)15)13(18)17(7-1-6-16)10-3-4-10/h2,5,8,10H,1,3-4,7H2. The van der Waals surface area contributed by atoms with E-state index < -0.39 is 0 Å². The lowest BCUT2D eigenvalue weighted by Crippen LogP contribution is -2.33. The van der Waals surface area contributed by atoms with Gasteiger partial charge in [-0.25, -0.2) is 0 Å². The van der Waals surface area contributed by atoms with E-state index >= 15 is 0 Å². The van der Waals surface area contributed by atoms with Gasteiger partial charge in [0.1, 0.15) is 0 Å². The van der Waals surface area contributed by atoms with Crippen molar-refractivity contribution in [1.29, 1.82) is 5.26 Å². The normalized spacial score (nSPS) is 14.1.